The lowest BCUT2D eigenvalue weighted by atomic mass is 10.2. The average Bonchev–Trinajstić information content (AvgIpc) is 2.38. The van der Waals surface area contributed by atoms with Crippen LogP contribution in [0.1, 0.15) is 12.5 Å². The van der Waals surface area contributed by atoms with Gasteiger partial charge < -0.3 is 5.11 Å². The van der Waals surface area contributed by atoms with Crippen LogP contribution in [0.4, 0.5) is 0 Å². The lowest BCUT2D eigenvalue weighted by Gasteiger charge is -2.10. The van der Waals surface area contributed by atoms with Crippen LogP contribution in [0.3, 0.4) is 0 Å². The summed E-state index contributed by atoms with van der Waals surface area (Å²) in [4.78, 5) is 4.21. The van der Waals surface area contributed by atoms with Crippen molar-refractivity contribution in [3.05, 3.63) is 41.0 Å². The number of hydrogen-bond donors (Lipinski definition) is 1. The van der Waals surface area contributed by atoms with E-state index in [0.29, 0.717) is 5.56 Å². The highest BCUT2D eigenvalue weighted by Gasteiger charge is 2.18. The van der Waals surface area contributed by atoms with Crippen molar-refractivity contribution in [2.45, 2.75) is 12.7 Å². The van der Waals surface area contributed by atoms with Crippen LogP contribution in [0.2, 0.25) is 5.15 Å². The minimum Gasteiger partial charge on any atom is -0.396 e. The maximum Gasteiger partial charge on any atom is 0.154 e. The van der Waals surface area contributed by atoms with Gasteiger partial charge in [0.05, 0.1) is 17.0 Å². The molecule has 1 aromatic carbocycles. The molecule has 0 bridgehead atoms. The average molecular weight is 314 g/mol. The smallest absolute Gasteiger partial charge is 0.154 e. The molecule has 2 rings (SSSR count). The number of pyridine rings is 1. The number of hydrogen-bond acceptors (Lipinski definition) is 4. The Balaban J connectivity index is 2.31. The molecule has 6 heteroatoms. The second kappa shape index (κ2) is 6.08. The van der Waals surface area contributed by atoms with Crippen LogP contribution in [0, 0.1) is 5.92 Å². The van der Waals surface area contributed by atoms with Crippen molar-refractivity contribution in [2.75, 3.05) is 12.4 Å². The number of aliphatic hydroxyl groups excluding tert-OH is 1. The molecular weight excluding hydrogens is 298 g/mol. The molecule has 0 radical (unpaired) electrons. The number of sulfone groups is 1. The summed E-state index contributed by atoms with van der Waals surface area (Å²) in [6.07, 6.45) is 0. The van der Waals surface area contributed by atoms with Crippen LogP contribution >= 0.6 is 11.6 Å². The molecule has 0 aliphatic heterocycles. The van der Waals surface area contributed by atoms with E-state index in [1.165, 1.54) is 0 Å². The van der Waals surface area contributed by atoms with Crippen molar-refractivity contribution in [2.24, 2.45) is 5.92 Å². The summed E-state index contributed by atoms with van der Waals surface area (Å²) in [5.74, 6) is -0.507. The van der Waals surface area contributed by atoms with Crippen molar-refractivity contribution in [3.63, 3.8) is 0 Å². The molecule has 1 N–H and O–H groups in total. The third-order valence-corrected chi connectivity index (χ3v) is 5.13. The zero-order valence-electron chi connectivity index (χ0n) is 11.1. The minimum atomic E-state index is -3.32. The Bertz CT molecular complexity index is 715. The van der Waals surface area contributed by atoms with E-state index in [2.05, 4.69) is 4.98 Å². The lowest BCUT2D eigenvalue weighted by molar-refractivity contribution is 0.249. The van der Waals surface area contributed by atoms with E-state index in [1.54, 1.807) is 13.0 Å². The predicted molar refractivity (Wildman–Crippen MR) is 80.5 cm³/mol. The fourth-order valence-corrected chi connectivity index (χ4v) is 4.10. The second-order valence-corrected chi connectivity index (χ2v) is 7.44. The van der Waals surface area contributed by atoms with Crippen LogP contribution in [-0.2, 0) is 15.6 Å². The van der Waals surface area contributed by atoms with Crippen molar-refractivity contribution >= 4 is 32.3 Å². The number of benzene rings is 1. The quantitative estimate of drug-likeness (QED) is 0.861. The summed E-state index contributed by atoms with van der Waals surface area (Å²) in [6.45, 7) is 1.54. The fourth-order valence-electron chi connectivity index (χ4n) is 2.02. The minimum absolute atomic E-state index is 0.0628. The molecule has 0 fully saturated rings. The molecule has 4 nitrogen and oxygen atoms in total. The van der Waals surface area contributed by atoms with Gasteiger partial charge in [-0.2, -0.15) is 0 Å². The van der Waals surface area contributed by atoms with Gasteiger partial charge in [-0.05, 0) is 18.1 Å². The van der Waals surface area contributed by atoms with E-state index in [9.17, 15) is 8.42 Å². The van der Waals surface area contributed by atoms with E-state index < -0.39 is 9.84 Å². The van der Waals surface area contributed by atoms with E-state index in [4.69, 9.17) is 16.7 Å². The second-order valence-electron chi connectivity index (χ2n) is 4.97. The highest BCUT2D eigenvalue weighted by molar-refractivity contribution is 7.90. The molecule has 1 unspecified atom stereocenters. The van der Waals surface area contributed by atoms with E-state index >= 15 is 0 Å². The maximum atomic E-state index is 12.1. The summed E-state index contributed by atoms with van der Waals surface area (Å²) in [6, 6.07) is 9.17. The van der Waals surface area contributed by atoms with Crippen molar-refractivity contribution in [3.8, 4) is 0 Å². The first-order valence-electron chi connectivity index (χ1n) is 6.27. The van der Waals surface area contributed by atoms with E-state index in [1.807, 2.05) is 24.3 Å². The van der Waals surface area contributed by atoms with Gasteiger partial charge in [0.1, 0.15) is 5.15 Å². The normalized spacial score (nSPS) is 13.6. The molecule has 20 heavy (non-hydrogen) atoms. The topological polar surface area (TPSA) is 67.3 Å². The highest BCUT2D eigenvalue weighted by Crippen LogP contribution is 2.23. The van der Waals surface area contributed by atoms with Gasteiger partial charge in [-0.3, -0.25) is 0 Å². The first-order valence-corrected chi connectivity index (χ1v) is 8.46. The highest BCUT2D eigenvalue weighted by atomic mass is 35.5. The number of fused-ring (bicyclic) bond motifs is 1. The number of aliphatic hydroxyl groups is 1. The van der Waals surface area contributed by atoms with Gasteiger partial charge >= 0.3 is 0 Å². The summed E-state index contributed by atoms with van der Waals surface area (Å²) in [5, 5.41) is 10.0. The van der Waals surface area contributed by atoms with Crippen LogP contribution in [0.5, 0.6) is 0 Å². The Labute approximate surface area is 123 Å². The zero-order valence-corrected chi connectivity index (χ0v) is 12.7. The van der Waals surface area contributed by atoms with Crippen molar-refractivity contribution < 1.29 is 13.5 Å². The number of rotatable bonds is 5. The molecule has 1 heterocycles. The summed E-state index contributed by atoms with van der Waals surface area (Å²) in [5.41, 5.74) is 1.23. The largest absolute Gasteiger partial charge is 0.396 e. The Morgan fingerprint density at radius 1 is 1.35 bits per heavy atom. The molecule has 1 aromatic heterocycles. The maximum absolute atomic E-state index is 12.1. The van der Waals surface area contributed by atoms with Gasteiger partial charge in [-0.25, -0.2) is 13.4 Å². The molecule has 0 saturated heterocycles. The number of aromatic nitrogens is 1. The molecule has 2 aromatic rings. The number of nitrogens with zero attached hydrogens (tertiary/aromatic N) is 1. The van der Waals surface area contributed by atoms with E-state index in [0.717, 1.165) is 10.9 Å². The van der Waals surface area contributed by atoms with Crippen molar-refractivity contribution in [1.82, 2.24) is 4.98 Å². The summed E-state index contributed by atoms with van der Waals surface area (Å²) >= 11 is 6.05. The van der Waals surface area contributed by atoms with E-state index in [-0.39, 0.29) is 29.2 Å². The Morgan fingerprint density at radius 3 is 2.75 bits per heavy atom. The molecule has 0 aliphatic rings. The molecule has 0 saturated carbocycles. The molecule has 1 atom stereocenters. The molecule has 0 spiro atoms. The third-order valence-electron chi connectivity index (χ3n) is 2.98. The van der Waals surface area contributed by atoms with Gasteiger partial charge in [-0.1, -0.05) is 36.7 Å². The Hall–Kier alpha value is -1.17. The summed E-state index contributed by atoms with van der Waals surface area (Å²) < 4.78 is 24.1. The van der Waals surface area contributed by atoms with Gasteiger partial charge in [0.25, 0.3) is 0 Å². The first kappa shape index (κ1) is 15.2. The van der Waals surface area contributed by atoms with Gasteiger partial charge in [0.15, 0.2) is 9.84 Å². The van der Waals surface area contributed by atoms with Crippen molar-refractivity contribution in [1.29, 1.82) is 0 Å². The lowest BCUT2D eigenvalue weighted by Crippen LogP contribution is -2.18. The third kappa shape index (κ3) is 3.69. The van der Waals surface area contributed by atoms with Crippen LogP contribution in [-0.4, -0.2) is 30.9 Å². The predicted octanol–water partition coefficient (Wildman–Crippen LogP) is 2.43. The van der Waals surface area contributed by atoms with Crippen LogP contribution in [0.15, 0.2) is 30.3 Å². The van der Waals surface area contributed by atoms with Gasteiger partial charge in [-0.15, -0.1) is 0 Å². The Kier molecular flexibility index (Phi) is 4.62. The van der Waals surface area contributed by atoms with Gasteiger partial charge in [0.2, 0.25) is 0 Å². The monoisotopic (exact) mass is 313 g/mol. The number of halogens is 1. The standard InChI is InChI=1S/C14H16ClNO3S/c1-10(7-17)8-20(18,19)9-12-6-11-4-2-3-5-13(11)16-14(12)15/h2-6,10,17H,7-9H2,1H3. The number of para-hydroxylation sites is 1. The SMILES string of the molecule is CC(CO)CS(=O)(=O)Cc1cc2ccccc2nc1Cl. The molecule has 108 valence electrons. The van der Waals surface area contributed by atoms with Crippen LogP contribution in [0.25, 0.3) is 10.9 Å². The molecule has 0 aliphatic carbocycles. The zero-order chi connectivity index (χ0) is 14.8. The van der Waals surface area contributed by atoms with Crippen LogP contribution < -0.4 is 0 Å². The summed E-state index contributed by atoms with van der Waals surface area (Å²) in [7, 11) is -3.32. The fraction of sp³-hybridized carbons (Fsp3) is 0.357. The Morgan fingerprint density at radius 2 is 2.05 bits per heavy atom. The van der Waals surface area contributed by atoms with Gasteiger partial charge in [0, 0.05) is 17.6 Å². The molecular formula is C14H16ClNO3S. The first-order chi connectivity index (χ1) is 9.41. The molecule has 0 amide bonds.